The summed E-state index contributed by atoms with van der Waals surface area (Å²) in [4.78, 5) is 25.5. The molecular formula is C18H15FN2O2. The van der Waals surface area contributed by atoms with Crippen LogP contribution in [0.15, 0.2) is 60.3 Å². The van der Waals surface area contributed by atoms with Crippen molar-refractivity contribution in [3.63, 3.8) is 0 Å². The molecule has 0 saturated heterocycles. The normalized spacial score (nSPS) is 14.2. The van der Waals surface area contributed by atoms with Crippen molar-refractivity contribution in [2.24, 2.45) is 0 Å². The molecule has 3 rings (SSSR count). The molecule has 0 spiro atoms. The maximum Gasteiger partial charge on any atom is 0.277 e. The predicted octanol–water partition coefficient (Wildman–Crippen LogP) is 3.00. The van der Waals surface area contributed by atoms with Crippen LogP contribution in [0.3, 0.4) is 0 Å². The summed E-state index contributed by atoms with van der Waals surface area (Å²) in [5.41, 5.74) is 1.96. The van der Waals surface area contributed by atoms with Gasteiger partial charge < -0.3 is 5.32 Å². The summed E-state index contributed by atoms with van der Waals surface area (Å²) >= 11 is 0. The van der Waals surface area contributed by atoms with E-state index in [9.17, 15) is 14.0 Å². The molecule has 1 N–H and O–H groups in total. The third-order valence-electron chi connectivity index (χ3n) is 3.64. The Morgan fingerprint density at radius 2 is 1.83 bits per heavy atom. The lowest BCUT2D eigenvalue weighted by Gasteiger charge is -2.15. The zero-order valence-corrected chi connectivity index (χ0v) is 12.5. The highest BCUT2D eigenvalue weighted by Gasteiger charge is 2.31. The van der Waals surface area contributed by atoms with Crippen LogP contribution in [0.25, 0.3) is 0 Å². The topological polar surface area (TPSA) is 49.4 Å². The van der Waals surface area contributed by atoms with E-state index in [0.29, 0.717) is 11.3 Å². The highest BCUT2D eigenvalue weighted by atomic mass is 19.1. The van der Waals surface area contributed by atoms with Crippen molar-refractivity contribution in [1.29, 1.82) is 0 Å². The Morgan fingerprint density at radius 1 is 1.09 bits per heavy atom. The number of amides is 2. The first-order chi connectivity index (χ1) is 11.0. The first kappa shape index (κ1) is 15.0. The van der Waals surface area contributed by atoms with Crippen molar-refractivity contribution < 1.29 is 14.0 Å². The van der Waals surface area contributed by atoms with E-state index < -0.39 is 5.91 Å². The van der Waals surface area contributed by atoms with Gasteiger partial charge >= 0.3 is 0 Å². The molecule has 0 aromatic heterocycles. The number of hydrogen-bond donors (Lipinski definition) is 1. The Morgan fingerprint density at radius 3 is 2.52 bits per heavy atom. The molecule has 0 radical (unpaired) electrons. The third-order valence-corrected chi connectivity index (χ3v) is 3.64. The zero-order valence-electron chi connectivity index (χ0n) is 12.5. The van der Waals surface area contributed by atoms with Crippen LogP contribution in [0.4, 0.5) is 10.1 Å². The van der Waals surface area contributed by atoms with Gasteiger partial charge in [-0.25, -0.2) is 4.39 Å². The molecule has 0 bridgehead atoms. The van der Waals surface area contributed by atoms with Gasteiger partial charge in [0.05, 0.1) is 6.54 Å². The van der Waals surface area contributed by atoms with Gasteiger partial charge in [-0.05, 0) is 30.2 Å². The fourth-order valence-corrected chi connectivity index (χ4v) is 2.34. The molecule has 0 unspecified atom stereocenters. The van der Waals surface area contributed by atoms with Gasteiger partial charge in [0.25, 0.3) is 11.8 Å². The van der Waals surface area contributed by atoms with Crippen LogP contribution in [0.2, 0.25) is 0 Å². The Balaban J connectivity index is 1.75. The lowest BCUT2D eigenvalue weighted by molar-refractivity contribution is -0.137. The summed E-state index contributed by atoms with van der Waals surface area (Å²) in [5, 5.41) is 2.81. The molecule has 23 heavy (non-hydrogen) atoms. The molecular weight excluding hydrogens is 295 g/mol. The van der Waals surface area contributed by atoms with Crippen LogP contribution >= 0.6 is 0 Å². The maximum atomic E-state index is 13.6. The number of hydrogen-bond acceptors (Lipinski definition) is 3. The van der Waals surface area contributed by atoms with Gasteiger partial charge in [-0.2, -0.15) is 0 Å². The van der Waals surface area contributed by atoms with Gasteiger partial charge in [-0.3, -0.25) is 14.5 Å². The van der Waals surface area contributed by atoms with E-state index in [0.717, 1.165) is 10.5 Å². The Labute approximate surface area is 133 Å². The number of benzene rings is 2. The highest BCUT2D eigenvalue weighted by Crippen LogP contribution is 2.20. The number of nitrogens with one attached hydrogen (secondary N) is 1. The average Bonchev–Trinajstić information content (AvgIpc) is 2.80. The fourth-order valence-electron chi connectivity index (χ4n) is 2.34. The molecule has 1 aliphatic heterocycles. The zero-order chi connectivity index (χ0) is 16.4. The van der Waals surface area contributed by atoms with Gasteiger partial charge in [0.1, 0.15) is 11.5 Å². The Kier molecular flexibility index (Phi) is 3.93. The van der Waals surface area contributed by atoms with Gasteiger partial charge in [0, 0.05) is 11.8 Å². The van der Waals surface area contributed by atoms with E-state index in [1.54, 1.807) is 19.1 Å². The van der Waals surface area contributed by atoms with E-state index in [1.807, 2.05) is 30.3 Å². The second-order valence-corrected chi connectivity index (χ2v) is 5.36. The minimum absolute atomic E-state index is 0.147. The number of anilines is 1. The van der Waals surface area contributed by atoms with Crippen molar-refractivity contribution in [2.75, 3.05) is 5.32 Å². The molecule has 1 aliphatic rings. The van der Waals surface area contributed by atoms with Crippen LogP contribution in [0.5, 0.6) is 0 Å². The number of halogens is 1. The van der Waals surface area contributed by atoms with Crippen molar-refractivity contribution in [1.82, 2.24) is 4.90 Å². The van der Waals surface area contributed by atoms with Crippen LogP contribution < -0.4 is 5.32 Å². The number of carbonyl (C=O) groups is 2. The molecule has 2 amide bonds. The standard InChI is InChI=1S/C18H15FN2O2/c1-12-7-8-14(9-15(12)19)20-16-10-17(22)21(18(16)23)11-13-5-3-2-4-6-13/h2-10,20H,11H2,1H3. The molecule has 1 heterocycles. The van der Waals surface area contributed by atoms with Gasteiger partial charge in [-0.15, -0.1) is 0 Å². The molecule has 0 aliphatic carbocycles. The number of carbonyl (C=O) groups excluding carboxylic acids is 2. The minimum Gasteiger partial charge on any atom is -0.351 e. The minimum atomic E-state index is -0.417. The van der Waals surface area contributed by atoms with Crippen LogP contribution in [0, 0.1) is 12.7 Å². The SMILES string of the molecule is Cc1ccc(NC2=CC(=O)N(Cc3ccccc3)C2=O)cc1F. The summed E-state index contributed by atoms with van der Waals surface area (Å²) in [6.07, 6.45) is 1.24. The van der Waals surface area contributed by atoms with E-state index >= 15 is 0 Å². The lowest BCUT2D eigenvalue weighted by atomic mass is 10.2. The van der Waals surface area contributed by atoms with E-state index in [-0.39, 0.29) is 24.0 Å². The van der Waals surface area contributed by atoms with E-state index in [4.69, 9.17) is 0 Å². The second-order valence-electron chi connectivity index (χ2n) is 5.36. The first-order valence-electron chi connectivity index (χ1n) is 7.19. The Bertz CT molecular complexity index is 800. The summed E-state index contributed by atoms with van der Waals surface area (Å²) in [5.74, 6) is -1.16. The fraction of sp³-hybridized carbons (Fsp3) is 0.111. The van der Waals surface area contributed by atoms with Gasteiger partial charge in [-0.1, -0.05) is 36.4 Å². The molecule has 5 heteroatoms. The van der Waals surface area contributed by atoms with E-state index in [1.165, 1.54) is 12.1 Å². The molecule has 2 aromatic rings. The molecule has 4 nitrogen and oxygen atoms in total. The molecule has 0 fully saturated rings. The molecule has 0 saturated carbocycles. The number of aryl methyl sites for hydroxylation is 1. The average molecular weight is 310 g/mol. The summed E-state index contributed by atoms with van der Waals surface area (Å²) in [7, 11) is 0. The monoisotopic (exact) mass is 310 g/mol. The largest absolute Gasteiger partial charge is 0.351 e. The summed E-state index contributed by atoms with van der Waals surface area (Å²) in [6.45, 7) is 1.87. The summed E-state index contributed by atoms with van der Waals surface area (Å²) < 4.78 is 13.6. The van der Waals surface area contributed by atoms with Crippen molar-refractivity contribution in [3.05, 3.63) is 77.2 Å². The third kappa shape index (κ3) is 3.13. The second kappa shape index (κ2) is 6.04. The number of rotatable bonds is 4. The molecule has 116 valence electrons. The number of nitrogens with zero attached hydrogens (tertiary/aromatic N) is 1. The van der Waals surface area contributed by atoms with Gasteiger partial charge in [0.15, 0.2) is 0 Å². The van der Waals surface area contributed by atoms with Crippen LogP contribution in [-0.2, 0) is 16.1 Å². The summed E-state index contributed by atoms with van der Waals surface area (Å²) in [6, 6.07) is 13.8. The van der Waals surface area contributed by atoms with Crippen LogP contribution in [0.1, 0.15) is 11.1 Å². The van der Waals surface area contributed by atoms with Crippen molar-refractivity contribution in [2.45, 2.75) is 13.5 Å². The Hall–Kier alpha value is -2.95. The van der Waals surface area contributed by atoms with Gasteiger partial charge in [0.2, 0.25) is 0 Å². The maximum absolute atomic E-state index is 13.6. The van der Waals surface area contributed by atoms with Crippen molar-refractivity contribution in [3.8, 4) is 0 Å². The predicted molar refractivity (Wildman–Crippen MR) is 84.8 cm³/mol. The van der Waals surface area contributed by atoms with E-state index in [2.05, 4.69) is 5.32 Å². The first-order valence-corrected chi connectivity index (χ1v) is 7.19. The quantitative estimate of drug-likeness (QED) is 0.883. The highest BCUT2D eigenvalue weighted by molar-refractivity contribution is 6.17. The number of imide groups is 1. The molecule has 2 aromatic carbocycles. The van der Waals surface area contributed by atoms with Crippen molar-refractivity contribution >= 4 is 17.5 Å². The molecule has 0 atom stereocenters. The van der Waals surface area contributed by atoms with Crippen LogP contribution in [-0.4, -0.2) is 16.7 Å². The smallest absolute Gasteiger partial charge is 0.277 e. The lowest BCUT2D eigenvalue weighted by Crippen LogP contribution is -2.31.